The summed E-state index contributed by atoms with van der Waals surface area (Å²) in [6.45, 7) is 28.2. The van der Waals surface area contributed by atoms with Crippen molar-refractivity contribution >= 4 is 69.4 Å². The Balaban J connectivity index is 1.90. The first-order chi connectivity index (χ1) is 31.5. The highest BCUT2D eigenvalue weighted by molar-refractivity contribution is 6.90. The number of imide groups is 1. The lowest BCUT2D eigenvalue weighted by Crippen LogP contribution is -2.60. The summed E-state index contributed by atoms with van der Waals surface area (Å²) in [7, 11) is -9.79. The largest absolute Gasteiger partial charge is 0.469 e. The van der Waals surface area contributed by atoms with E-state index >= 15 is 0 Å². The average molecular weight is 1030 g/mol. The van der Waals surface area contributed by atoms with Crippen molar-refractivity contribution < 1.29 is 64.8 Å². The van der Waals surface area contributed by atoms with Crippen LogP contribution < -0.4 is 0 Å². The molecule has 388 valence electrons. The molecule has 0 radical (unpaired) electrons. The summed E-state index contributed by atoms with van der Waals surface area (Å²) < 4.78 is 48.8. The van der Waals surface area contributed by atoms with Crippen LogP contribution in [0, 0.1) is 51.8 Å². The fourth-order valence-electron chi connectivity index (χ4n) is 9.46. The molecule has 20 heteroatoms. The summed E-state index contributed by atoms with van der Waals surface area (Å²) in [5.41, 5.74) is -2.79. The molecule has 0 aromatic heterocycles. The van der Waals surface area contributed by atoms with Gasteiger partial charge in [0.1, 0.15) is 19.3 Å². The van der Waals surface area contributed by atoms with E-state index in [1.54, 1.807) is 20.8 Å². The highest BCUT2D eigenvalue weighted by Crippen LogP contribution is 2.43. The quantitative estimate of drug-likeness (QED) is 0.0159. The fraction of sp³-hybridized carbons (Fsp3) is 0.854. The molecular formula is C48H86N2O14Si4. The van der Waals surface area contributed by atoms with Crippen LogP contribution in [0.2, 0.25) is 65.0 Å². The molecule has 2 aliphatic heterocycles. The van der Waals surface area contributed by atoms with Crippen molar-refractivity contribution in [3.05, 3.63) is 0 Å². The van der Waals surface area contributed by atoms with Crippen LogP contribution in [0.15, 0.2) is 0 Å². The van der Waals surface area contributed by atoms with Crippen molar-refractivity contribution in [3.8, 4) is 6.07 Å². The summed E-state index contributed by atoms with van der Waals surface area (Å²) >= 11 is 0. The van der Waals surface area contributed by atoms with Gasteiger partial charge < -0.3 is 36.0 Å². The first-order valence-electron chi connectivity index (χ1n) is 25.1. The smallest absolute Gasteiger partial charge is 0.465 e. The monoisotopic (exact) mass is 1030 g/mol. The number of hydrogen-bond donors (Lipinski definition) is 0. The molecule has 0 N–H and O–H groups in total. The van der Waals surface area contributed by atoms with E-state index in [0.717, 1.165) is 19.3 Å². The van der Waals surface area contributed by atoms with E-state index in [1.165, 1.54) is 4.90 Å². The molecule has 0 bridgehead atoms. The van der Waals surface area contributed by atoms with Gasteiger partial charge in [0, 0.05) is 12.0 Å². The van der Waals surface area contributed by atoms with Crippen LogP contribution in [0.1, 0.15) is 112 Å². The molecule has 8 atom stereocenters. The number of nitriles is 1. The summed E-state index contributed by atoms with van der Waals surface area (Å²) in [4.78, 5) is 83.0. The number of likely N-dealkylation sites (tertiary alicyclic amines) is 1. The lowest BCUT2D eigenvalue weighted by Gasteiger charge is -2.43. The minimum Gasteiger partial charge on any atom is -0.465 e. The van der Waals surface area contributed by atoms with Gasteiger partial charge in [0.15, 0.2) is 25.0 Å². The highest BCUT2D eigenvalue weighted by Gasteiger charge is 2.51. The van der Waals surface area contributed by atoms with Gasteiger partial charge in [-0.05, 0) is 131 Å². The van der Waals surface area contributed by atoms with Crippen molar-refractivity contribution in [2.24, 2.45) is 40.4 Å². The molecule has 1 saturated carbocycles. The van der Waals surface area contributed by atoms with E-state index in [4.69, 9.17) is 36.0 Å². The van der Waals surface area contributed by atoms with Gasteiger partial charge in [0.25, 0.3) is 0 Å². The van der Waals surface area contributed by atoms with Crippen LogP contribution in [-0.4, -0.2) is 120 Å². The Bertz CT molecular complexity index is 1710. The lowest BCUT2D eigenvalue weighted by atomic mass is 9.68. The van der Waals surface area contributed by atoms with Crippen LogP contribution in [0.25, 0.3) is 0 Å². The lowest BCUT2D eigenvalue weighted by molar-refractivity contribution is -0.161. The van der Waals surface area contributed by atoms with Crippen LogP contribution >= 0.6 is 0 Å². The standard InChI is InChI=1S/C48H86N2O14Si4/c1-15-17-24-57-44(54)37(16-2)31-48(5,46(56)61-34-38-33-60-38)30-36(32-49)29-47(4,28-35(3)43(53)58-26-23-50-41(51)39-21-18-19-22-40(39)42(50)52)45(55)59-25-20-27-68(62-65(6,7)8,63-66(9,10)11)64-67(12,13)14/h35-40H,15-31,33-34H2,1-14H3. The van der Waals surface area contributed by atoms with E-state index in [0.29, 0.717) is 44.8 Å². The van der Waals surface area contributed by atoms with Gasteiger partial charge in [0.05, 0.1) is 66.9 Å². The Hall–Kier alpha value is -2.78. The van der Waals surface area contributed by atoms with Crippen molar-refractivity contribution in [3.63, 3.8) is 0 Å². The van der Waals surface area contributed by atoms with Crippen LogP contribution in [-0.2, 0) is 64.8 Å². The van der Waals surface area contributed by atoms with Gasteiger partial charge in [-0.3, -0.25) is 33.7 Å². The molecular weight excluding hydrogens is 941 g/mol. The molecule has 16 nitrogen and oxygen atoms in total. The van der Waals surface area contributed by atoms with Gasteiger partial charge in [-0.2, -0.15) is 5.26 Å². The molecule has 0 aromatic carbocycles. The number of amides is 2. The number of nitrogens with zero attached hydrogens (tertiary/aromatic N) is 2. The van der Waals surface area contributed by atoms with Gasteiger partial charge in [0.2, 0.25) is 11.8 Å². The Kier molecular flexibility index (Phi) is 22.4. The fourth-order valence-corrected chi connectivity index (χ4v) is 24.1. The predicted molar refractivity (Wildman–Crippen MR) is 266 cm³/mol. The molecule has 0 spiro atoms. The van der Waals surface area contributed by atoms with Gasteiger partial charge >= 0.3 is 32.7 Å². The molecule has 3 rings (SSSR count). The third-order valence-electron chi connectivity index (χ3n) is 12.5. The SMILES string of the molecule is CCCCOC(=O)C(CC)CC(C)(CC(C#N)CC(C)(CC(C)C(=O)OCCN1C(=O)C2CCCCC2C1=O)C(=O)OCCC[Si](O[Si](C)(C)C)(O[Si](C)(C)C)O[Si](C)(C)C)C(=O)OCC1CO1. The molecule has 2 saturated heterocycles. The summed E-state index contributed by atoms with van der Waals surface area (Å²) in [6, 6.07) is 2.76. The number of esters is 4. The van der Waals surface area contributed by atoms with E-state index in [9.17, 15) is 34.0 Å². The molecule has 3 fully saturated rings. The number of ether oxygens (including phenoxy) is 5. The first kappa shape index (κ1) is 59.5. The molecule has 2 amide bonds. The maximum Gasteiger partial charge on any atom is 0.469 e. The average Bonchev–Trinajstić information content (AvgIpc) is 4.03. The van der Waals surface area contributed by atoms with E-state index in [2.05, 4.69) is 65.0 Å². The van der Waals surface area contributed by atoms with E-state index in [1.807, 2.05) is 13.8 Å². The number of unbranched alkanes of at least 4 members (excludes halogenated alkanes) is 1. The maximum absolute atomic E-state index is 14.6. The summed E-state index contributed by atoms with van der Waals surface area (Å²) in [6.07, 6.45) is 5.07. The Morgan fingerprint density at radius 2 is 1.21 bits per heavy atom. The zero-order valence-corrected chi connectivity index (χ0v) is 48.0. The minimum absolute atomic E-state index is 0.0100. The van der Waals surface area contributed by atoms with Crippen molar-refractivity contribution in [2.75, 3.05) is 39.6 Å². The number of epoxide rings is 1. The number of rotatable bonds is 31. The number of fused-ring (bicyclic) bond motifs is 1. The molecule has 1 aliphatic carbocycles. The topological polar surface area (TPSA) is 207 Å². The third kappa shape index (κ3) is 19.1. The predicted octanol–water partition coefficient (Wildman–Crippen LogP) is 8.79. The minimum atomic E-state index is -3.26. The van der Waals surface area contributed by atoms with Gasteiger partial charge in [-0.25, -0.2) is 0 Å². The Morgan fingerprint density at radius 3 is 1.68 bits per heavy atom. The van der Waals surface area contributed by atoms with E-state index < -0.39 is 86.2 Å². The van der Waals surface area contributed by atoms with Crippen molar-refractivity contribution in [1.82, 2.24) is 4.90 Å². The van der Waals surface area contributed by atoms with Crippen LogP contribution in [0.4, 0.5) is 0 Å². The second-order valence-corrected chi connectivity index (χ2v) is 39.9. The van der Waals surface area contributed by atoms with Crippen molar-refractivity contribution in [1.29, 1.82) is 5.26 Å². The molecule has 0 aromatic rings. The van der Waals surface area contributed by atoms with Crippen LogP contribution in [0.5, 0.6) is 0 Å². The van der Waals surface area contributed by atoms with Gasteiger partial charge in [-0.1, -0.05) is 40.0 Å². The second-order valence-electron chi connectivity index (χ2n) is 22.9. The molecule has 68 heavy (non-hydrogen) atoms. The van der Waals surface area contributed by atoms with Crippen molar-refractivity contribution in [2.45, 2.75) is 183 Å². The zero-order valence-electron chi connectivity index (χ0n) is 44.0. The van der Waals surface area contributed by atoms with Gasteiger partial charge in [-0.15, -0.1) is 0 Å². The summed E-state index contributed by atoms with van der Waals surface area (Å²) in [5.74, 6) is -5.82. The third-order valence-corrected chi connectivity index (χ3v) is 24.6. The first-order valence-corrected chi connectivity index (χ1v) is 37.3. The number of hydrogen-bond acceptors (Lipinski definition) is 15. The number of carbonyl (C=O) groups is 6. The van der Waals surface area contributed by atoms with Crippen LogP contribution in [0.3, 0.4) is 0 Å². The Labute approximate surface area is 411 Å². The highest BCUT2D eigenvalue weighted by atomic mass is 28.5. The summed E-state index contributed by atoms with van der Waals surface area (Å²) in [5, 5.41) is 10.8. The molecule has 3 aliphatic rings. The zero-order chi connectivity index (χ0) is 51.3. The second kappa shape index (κ2) is 25.6. The maximum atomic E-state index is 14.6. The Morgan fingerprint density at radius 1 is 0.721 bits per heavy atom. The number of carbonyl (C=O) groups excluding carboxylic acids is 6. The normalized spacial score (nSPS) is 21.9. The van der Waals surface area contributed by atoms with E-state index in [-0.39, 0.29) is 88.4 Å². The molecule has 8 unspecified atom stereocenters. The molecule has 2 heterocycles.